The summed E-state index contributed by atoms with van der Waals surface area (Å²) in [6.45, 7) is 11.8. The van der Waals surface area contributed by atoms with Crippen molar-refractivity contribution in [1.29, 1.82) is 0 Å². The monoisotopic (exact) mass is 314 g/mol. The number of nitrogens with zero attached hydrogens (tertiary/aromatic N) is 2. The molecule has 1 heterocycles. The van der Waals surface area contributed by atoms with Gasteiger partial charge in [0.05, 0.1) is 11.0 Å². The summed E-state index contributed by atoms with van der Waals surface area (Å²) in [4.78, 5) is 4.64. The Bertz CT molecular complexity index is 726. The van der Waals surface area contributed by atoms with Gasteiger partial charge in [0.15, 0.2) is 5.16 Å². The van der Waals surface area contributed by atoms with Crippen LogP contribution >= 0.6 is 12.6 Å². The number of imidazole rings is 1. The molecular formula is C19H26N2S. The van der Waals surface area contributed by atoms with Gasteiger partial charge < -0.3 is 0 Å². The van der Waals surface area contributed by atoms with E-state index in [1.807, 2.05) is 6.07 Å². The molecule has 0 N–H and O–H groups in total. The second kappa shape index (κ2) is 5.45. The molecule has 0 saturated heterocycles. The zero-order chi connectivity index (χ0) is 16.1. The third-order valence-corrected chi connectivity index (χ3v) is 5.98. The molecule has 1 aliphatic rings. The molecule has 0 amide bonds. The fourth-order valence-corrected chi connectivity index (χ4v) is 4.49. The summed E-state index contributed by atoms with van der Waals surface area (Å²) < 4.78 is 2.26. The summed E-state index contributed by atoms with van der Waals surface area (Å²) in [7, 11) is 0. The fraction of sp³-hybridized carbons (Fsp3) is 0.526. The number of rotatable bonds is 3. The molecule has 2 atom stereocenters. The number of benzene rings is 1. The molecule has 1 aromatic carbocycles. The highest BCUT2D eigenvalue weighted by atomic mass is 32.1. The lowest BCUT2D eigenvalue weighted by Gasteiger charge is -2.41. The Morgan fingerprint density at radius 3 is 2.55 bits per heavy atom. The number of thiol groups is 1. The van der Waals surface area contributed by atoms with E-state index in [0.29, 0.717) is 17.8 Å². The average Bonchev–Trinajstić information content (AvgIpc) is 2.96. The van der Waals surface area contributed by atoms with Crippen LogP contribution in [0.4, 0.5) is 0 Å². The van der Waals surface area contributed by atoms with Gasteiger partial charge in [-0.1, -0.05) is 52.8 Å². The van der Waals surface area contributed by atoms with Crippen molar-refractivity contribution < 1.29 is 0 Å². The predicted molar refractivity (Wildman–Crippen MR) is 97.1 cm³/mol. The van der Waals surface area contributed by atoms with Gasteiger partial charge in [0.2, 0.25) is 0 Å². The van der Waals surface area contributed by atoms with E-state index < -0.39 is 0 Å². The van der Waals surface area contributed by atoms with E-state index in [-0.39, 0.29) is 5.41 Å². The second-order valence-electron chi connectivity index (χ2n) is 7.35. The number of hydrogen-bond acceptors (Lipinski definition) is 2. The quantitative estimate of drug-likeness (QED) is 0.740. The zero-order valence-electron chi connectivity index (χ0n) is 14.2. The summed E-state index contributed by atoms with van der Waals surface area (Å²) in [6.07, 6.45) is 3.56. The molecule has 0 fully saturated rings. The van der Waals surface area contributed by atoms with Crippen molar-refractivity contribution in [3.05, 3.63) is 30.3 Å². The highest BCUT2D eigenvalue weighted by Gasteiger charge is 2.46. The number of fused-ring (bicyclic) bond motifs is 1. The van der Waals surface area contributed by atoms with E-state index in [9.17, 15) is 0 Å². The Hall–Kier alpha value is -1.22. The van der Waals surface area contributed by atoms with Crippen LogP contribution in [0, 0.1) is 23.2 Å². The van der Waals surface area contributed by atoms with E-state index in [1.165, 1.54) is 5.70 Å². The molecule has 0 bridgehead atoms. The van der Waals surface area contributed by atoms with Crippen molar-refractivity contribution in [2.45, 2.75) is 46.2 Å². The van der Waals surface area contributed by atoms with Crippen molar-refractivity contribution in [3.8, 4) is 0 Å². The molecule has 0 saturated carbocycles. The summed E-state index contributed by atoms with van der Waals surface area (Å²) in [5.41, 5.74) is 3.71. The lowest BCUT2D eigenvalue weighted by atomic mass is 9.66. The molecule has 1 aromatic heterocycles. The van der Waals surface area contributed by atoms with E-state index in [1.54, 1.807) is 0 Å². The molecule has 22 heavy (non-hydrogen) atoms. The lowest BCUT2D eigenvalue weighted by Crippen LogP contribution is -2.35. The second-order valence-corrected chi connectivity index (χ2v) is 7.75. The Balaban J connectivity index is 2.20. The first-order valence-corrected chi connectivity index (χ1v) is 8.69. The minimum atomic E-state index is 0.148. The van der Waals surface area contributed by atoms with Crippen LogP contribution in [0.3, 0.4) is 0 Å². The number of para-hydroxylation sites is 2. The number of aromatic nitrogens is 2. The Kier molecular flexibility index (Phi) is 3.88. The van der Waals surface area contributed by atoms with Crippen LogP contribution < -0.4 is 0 Å². The van der Waals surface area contributed by atoms with Gasteiger partial charge in [-0.15, -0.1) is 12.6 Å². The highest BCUT2D eigenvalue weighted by Crippen LogP contribution is 2.54. The van der Waals surface area contributed by atoms with Gasteiger partial charge in [-0.25, -0.2) is 4.98 Å². The topological polar surface area (TPSA) is 17.8 Å². The molecule has 2 aromatic rings. The molecule has 118 valence electrons. The number of hydrogen-bond donors (Lipinski definition) is 1. The van der Waals surface area contributed by atoms with E-state index >= 15 is 0 Å². The van der Waals surface area contributed by atoms with Crippen LogP contribution in [-0.4, -0.2) is 9.55 Å². The Morgan fingerprint density at radius 1 is 1.23 bits per heavy atom. The summed E-state index contributed by atoms with van der Waals surface area (Å²) >= 11 is 4.67. The maximum Gasteiger partial charge on any atom is 0.170 e. The Labute approximate surface area is 139 Å². The molecule has 2 nitrogen and oxygen atoms in total. The first-order valence-electron chi connectivity index (χ1n) is 8.24. The van der Waals surface area contributed by atoms with Crippen molar-refractivity contribution >= 4 is 29.4 Å². The molecule has 1 unspecified atom stereocenters. The van der Waals surface area contributed by atoms with Crippen LogP contribution in [0.15, 0.2) is 35.5 Å². The molecule has 0 spiro atoms. The molecule has 0 aliphatic heterocycles. The van der Waals surface area contributed by atoms with Crippen LogP contribution in [0.5, 0.6) is 0 Å². The van der Waals surface area contributed by atoms with Crippen molar-refractivity contribution in [2.75, 3.05) is 0 Å². The maximum absolute atomic E-state index is 4.67. The van der Waals surface area contributed by atoms with Crippen LogP contribution in [0.1, 0.15) is 41.0 Å². The first-order chi connectivity index (χ1) is 10.4. The summed E-state index contributed by atoms with van der Waals surface area (Å²) in [5.74, 6) is 1.90. The van der Waals surface area contributed by atoms with Crippen molar-refractivity contribution in [2.24, 2.45) is 23.2 Å². The number of allylic oxidation sites excluding steroid dienone is 2. The minimum Gasteiger partial charge on any atom is -0.291 e. The van der Waals surface area contributed by atoms with Gasteiger partial charge >= 0.3 is 0 Å². The molecule has 3 rings (SSSR count). The summed E-state index contributed by atoms with van der Waals surface area (Å²) in [6, 6.07) is 8.32. The SMILES string of the molecule is CC(C)C1CC=C(n2c(S)nc3ccccc32)[C@@]1(C)C(C)C. The van der Waals surface area contributed by atoms with E-state index in [0.717, 1.165) is 22.6 Å². The molecule has 3 heteroatoms. The normalized spacial score (nSPS) is 25.5. The summed E-state index contributed by atoms with van der Waals surface area (Å²) in [5, 5.41) is 0.795. The van der Waals surface area contributed by atoms with E-state index in [4.69, 9.17) is 0 Å². The van der Waals surface area contributed by atoms with Crippen molar-refractivity contribution in [3.63, 3.8) is 0 Å². The molecule has 1 aliphatic carbocycles. The van der Waals surface area contributed by atoms with Gasteiger partial charge in [-0.2, -0.15) is 0 Å². The van der Waals surface area contributed by atoms with Gasteiger partial charge in [-0.3, -0.25) is 4.57 Å². The third-order valence-electron chi connectivity index (χ3n) is 5.68. The fourth-order valence-electron chi connectivity index (χ4n) is 4.16. The largest absolute Gasteiger partial charge is 0.291 e. The average molecular weight is 314 g/mol. The van der Waals surface area contributed by atoms with Gasteiger partial charge in [-0.05, 0) is 36.3 Å². The molecule has 0 radical (unpaired) electrons. The van der Waals surface area contributed by atoms with Gasteiger partial charge in [0.25, 0.3) is 0 Å². The van der Waals surface area contributed by atoms with Gasteiger partial charge in [0, 0.05) is 11.1 Å². The maximum atomic E-state index is 4.67. The minimum absolute atomic E-state index is 0.148. The third kappa shape index (κ3) is 2.13. The van der Waals surface area contributed by atoms with Gasteiger partial charge in [0.1, 0.15) is 0 Å². The van der Waals surface area contributed by atoms with Crippen molar-refractivity contribution in [1.82, 2.24) is 9.55 Å². The lowest BCUT2D eigenvalue weighted by molar-refractivity contribution is 0.152. The van der Waals surface area contributed by atoms with Crippen LogP contribution in [0.25, 0.3) is 16.7 Å². The van der Waals surface area contributed by atoms with E-state index in [2.05, 4.69) is 81.1 Å². The standard InChI is InChI=1S/C19H26N2S/c1-12(2)14-10-11-17(19(14,5)13(3)4)21-16-9-7-6-8-15(16)20-18(21)22/h6-9,11-14H,10H2,1-5H3,(H,20,22)/t14?,19-/m0/s1. The Morgan fingerprint density at radius 2 is 1.91 bits per heavy atom. The zero-order valence-corrected chi connectivity index (χ0v) is 15.1. The first kappa shape index (κ1) is 15.7. The van der Waals surface area contributed by atoms with Crippen LogP contribution in [0.2, 0.25) is 0 Å². The highest BCUT2D eigenvalue weighted by molar-refractivity contribution is 7.80. The molecular weight excluding hydrogens is 288 g/mol. The predicted octanol–water partition coefficient (Wildman–Crippen LogP) is 5.50. The smallest absolute Gasteiger partial charge is 0.170 e. The van der Waals surface area contributed by atoms with Crippen LogP contribution in [-0.2, 0) is 0 Å².